The Hall–Kier alpha value is -4.14. The number of imide groups is 1. The van der Waals surface area contributed by atoms with E-state index in [0.717, 1.165) is 57.4 Å². The minimum absolute atomic E-state index is 0.154. The van der Waals surface area contributed by atoms with Crippen LogP contribution in [-0.4, -0.2) is 47.0 Å². The van der Waals surface area contributed by atoms with Gasteiger partial charge in [0.1, 0.15) is 23.9 Å². The van der Waals surface area contributed by atoms with E-state index in [9.17, 15) is 9.59 Å². The molecule has 9 heteroatoms. The maximum atomic E-state index is 12.5. The molecule has 3 heterocycles. The number of rotatable bonds is 4. The number of amidine groups is 1. The number of carbonyl (C=O) groups is 2. The summed E-state index contributed by atoms with van der Waals surface area (Å²) in [6, 6.07) is 8.86. The number of primary amides is 1. The van der Waals surface area contributed by atoms with E-state index in [1.807, 2.05) is 44.3 Å². The molecule has 0 atom stereocenters. The van der Waals surface area contributed by atoms with Crippen LogP contribution in [0.5, 0.6) is 5.75 Å². The van der Waals surface area contributed by atoms with Crippen LogP contribution in [0.25, 0.3) is 32.6 Å². The molecule has 0 aliphatic carbocycles. The monoisotopic (exact) mass is 430 g/mol. The summed E-state index contributed by atoms with van der Waals surface area (Å²) in [5.74, 6) is 0.953. The standard InChI is InChI=1S/C23H22N6O3/c1-12-14-5-6-27-20(22(30)28-23(24)31)16(14)10-17-15-9-13(32-11-19-25-7-8-26-19)3-4-18(15)29(2)21(12)17/h3-6,9-10H,7-8,11H2,1-2H3,(H,25,26)(H3,24,28,30,31). The number of aryl methyl sites for hydroxylation is 2. The number of hydrogen-bond acceptors (Lipinski definition) is 6. The van der Waals surface area contributed by atoms with E-state index in [-0.39, 0.29) is 5.69 Å². The van der Waals surface area contributed by atoms with Gasteiger partial charge in [-0.2, -0.15) is 0 Å². The maximum absolute atomic E-state index is 12.5. The number of aliphatic imine (C=N–C) groups is 1. The smallest absolute Gasteiger partial charge is 0.319 e. The van der Waals surface area contributed by atoms with E-state index in [2.05, 4.69) is 25.2 Å². The number of fused-ring (bicyclic) bond motifs is 4. The summed E-state index contributed by atoms with van der Waals surface area (Å²) >= 11 is 0. The molecule has 0 radical (unpaired) electrons. The molecular weight excluding hydrogens is 408 g/mol. The van der Waals surface area contributed by atoms with E-state index >= 15 is 0 Å². The number of nitrogens with two attached hydrogens (primary N) is 1. The van der Waals surface area contributed by atoms with Gasteiger partial charge in [0.25, 0.3) is 5.91 Å². The number of hydrogen-bond donors (Lipinski definition) is 3. The first-order valence-electron chi connectivity index (χ1n) is 10.3. The van der Waals surface area contributed by atoms with Crippen LogP contribution in [0, 0.1) is 6.92 Å². The maximum Gasteiger partial charge on any atom is 0.319 e. The zero-order valence-electron chi connectivity index (χ0n) is 17.7. The van der Waals surface area contributed by atoms with Crippen molar-refractivity contribution < 1.29 is 14.3 Å². The summed E-state index contributed by atoms with van der Waals surface area (Å²) in [5, 5.41) is 8.81. The molecule has 32 heavy (non-hydrogen) atoms. The Bertz CT molecular complexity index is 1450. The largest absolute Gasteiger partial charge is 0.486 e. The summed E-state index contributed by atoms with van der Waals surface area (Å²) in [5.41, 5.74) is 8.40. The number of pyridine rings is 1. The van der Waals surface area contributed by atoms with Crippen LogP contribution in [0.2, 0.25) is 0 Å². The number of nitrogens with zero attached hydrogens (tertiary/aromatic N) is 3. The molecule has 4 N–H and O–H groups in total. The fourth-order valence-corrected chi connectivity index (χ4v) is 4.41. The lowest BCUT2D eigenvalue weighted by molar-refractivity contribution is 0.0963. The molecule has 0 fully saturated rings. The second kappa shape index (κ2) is 7.52. The van der Waals surface area contributed by atoms with E-state index in [4.69, 9.17) is 10.5 Å². The summed E-state index contributed by atoms with van der Waals surface area (Å²) in [6.45, 7) is 4.01. The number of amides is 3. The molecule has 1 aliphatic heterocycles. The fraction of sp³-hybridized carbons (Fsp3) is 0.217. The average molecular weight is 430 g/mol. The van der Waals surface area contributed by atoms with Gasteiger partial charge in [0.15, 0.2) is 0 Å². The Kier molecular flexibility index (Phi) is 4.66. The van der Waals surface area contributed by atoms with Crippen LogP contribution < -0.4 is 21.1 Å². The summed E-state index contributed by atoms with van der Waals surface area (Å²) in [7, 11) is 2.02. The van der Waals surface area contributed by atoms with Gasteiger partial charge in [0, 0.05) is 41.5 Å². The second-order valence-corrected chi connectivity index (χ2v) is 7.75. The minimum atomic E-state index is -0.917. The third-order valence-electron chi connectivity index (χ3n) is 5.82. The van der Waals surface area contributed by atoms with Crippen molar-refractivity contribution in [2.45, 2.75) is 6.92 Å². The molecule has 162 valence electrons. The van der Waals surface area contributed by atoms with Gasteiger partial charge in [-0.1, -0.05) is 0 Å². The highest BCUT2D eigenvalue weighted by atomic mass is 16.5. The lowest BCUT2D eigenvalue weighted by atomic mass is 10.00. The zero-order valence-corrected chi connectivity index (χ0v) is 17.7. The van der Waals surface area contributed by atoms with Crippen LogP contribution in [0.1, 0.15) is 16.1 Å². The van der Waals surface area contributed by atoms with Crippen molar-refractivity contribution >= 4 is 50.4 Å². The quantitative estimate of drug-likeness (QED) is 0.459. The van der Waals surface area contributed by atoms with Gasteiger partial charge in [-0.15, -0.1) is 0 Å². The van der Waals surface area contributed by atoms with Crippen molar-refractivity contribution in [1.82, 2.24) is 20.2 Å². The molecule has 3 amide bonds. The molecule has 1 aliphatic rings. The predicted molar refractivity (Wildman–Crippen MR) is 123 cm³/mol. The molecule has 2 aromatic carbocycles. The van der Waals surface area contributed by atoms with Gasteiger partial charge < -0.3 is 20.4 Å². The number of carbonyl (C=O) groups excluding carboxylic acids is 2. The predicted octanol–water partition coefficient (Wildman–Crippen LogP) is 2.38. The van der Waals surface area contributed by atoms with E-state index in [1.54, 1.807) is 6.20 Å². The third-order valence-corrected chi connectivity index (χ3v) is 5.82. The molecule has 0 saturated heterocycles. The van der Waals surface area contributed by atoms with Crippen LogP contribution >= 0.6 is 0 Å². The third kappa shape index (κ3) is 3.18. The zero-order chi connectivity index (χ0) is 22.4. The van der Waals surface area contributed by atoms with Crippen molar-refractivity contribution in [2.75, 3.05) is 19.7 Å². The van der Waals surface area contributed by atoms with Crippen molar-refractivity contribution in [3.63, 3.8) is 0 Å². The first-order chi connectivity index (χ1) is 15.4. The highest BCUT2D eigenvalue weighted by Crippen LogP contribution is 2.37. The molecular formula is C23H22N6O3. The van der Waals surface area contributed by atoms with Crippen molar-refractivity contribution in [3.8, 4) is 5.75 Å². The number of urea groups is 1. The molecule has 4 aromatic rings. The number of aromatic nitrogens is 2. The van der Waals surface area contributed by atoms with Crippen molar-refractivity contribution in [3.05, 3.63) is 47.8 Å². The Balaban J connectivity index is 1.68. The lowest BCUT2D eigenvalue weighted by Crippen LogP contribution is -2.35. The minimum Gasteiger partial charge on any atom is -0.486 e. The molecule has 0 spiro atoms. The normalized spacial score (nSPS) is 13.4. The average Bonchev–Trinajstić information content (AvgIpc) is 3.38. The number of nitrogens with one attached hydrogen (secondary N) is 2. The first kappa shape index (κ1) is 19.8. The Morgan fingerprint density at radius 1 is 1.19 bits per heavy atom. The molecule has 5 rings (SSSR count). The summed E-state index contributed by atoms with van der Waals surface area (Å²) < 4.78 is 8.08. The summed E-state index contributed by atoms with van der Waals surface area (Å²) in [4.78, 5) is 32.3. The van der Waals surface area contributed by atoms with Gasteiger partial charge in [-0.05, 0) is 48.2 Å². The van der Waals surface area contributed by atoms with E-state index < -0.39 is 11.9 Å². The lowest BCUT2D eigenvalue weighted by Gasteiger charge is -2.10. The molecule has 0 bridgehead atoms. The van der Waals surface area contributed by atoms with Crippen molar-refractivity contribution in [1.29, 1.82) is 0 Å². The van der Waals surface area contributed by atoms with Gasteiger partial charge in [0.2, 0.25) is 0 Å². The van der Waals surface area contributed by atoms with Gasteiger partial charge in [-0.3, -0.25) is 20.1 Å². The highest BCUT2D eigenvalue weighted by molar-refractivity contribution is 6.18. The van der Waals surface area contributed by atoms with Crippen LogP contribution in [0.15, 0.2) is 41.5 Å². The summed E-state index contributed by atoms with van der Waals surface area (Å²) in [6.07, 6.45) is 1.56. The highest BCUT2D eigenvalue weighted by Gasteiger charge is 2.19. The van der Waals surface area contributed by atoms with Crippen LogP contribution in [-0.2, 0) is 7.05 Å². The first-order valence-corrected chi connectivity index (χ1v) is 10.3. The Labute approximate surface area is 183 Å². The Morgan fingerprint density at radius 2 is 2.03 bits per heavy atom. The SMILES string of the molecule is Cc1c2ccnc(C(=O)NC(N)=O)c2cc2c3cc(OCC4=NCCN4)ccc3n(C)c12. The van der Waals surface area contributed by atoms with Gasteiger partial charge in [0.05, 0.1) is 12.1 Å². The molecule has 0 unspecified atom stereocenters. The second-order valence-electron chi connectivity index (χ2n) is 7.75. The number of ether oxygens (including phenoxy) is 1. The molecule has 9 nitrogen and oxygen atoms in total. The molecule has 2 aromatic heterocycles. The fourth-order valence-electron chi connectivity index (χ4n) is 4.41. The van der Waals surface area contributed by atoms with Gasteiger partial charge in [-0.25, -0.2) is 4.79 Å². The van der Waals surface area contributed by atoms with Gasteiger partial charge >= 0.3 is 6.03 Å². The molecule has 0 saturated carbocycles. The topological polar surface area (TPSA) is 124 Å². The van der Waals surface area contributed by atoms with E-state index in [0.29, 0.717) is 12.0 Å². The van der Waals surface area contributed by atoms with Crippen molar-refractivity contribution in [2.24, 2.45) is 17.8 Å². The van der Waals surface area contributed by atoms with Crippen LogP contribution in [0.3, 0.4) is 0 Å². The van der Waals surface area contributed by atoms with Crippen LogP contribution in [0.4, 0.5) is 4.79 Å². The number of benzene rings is 2. The van der Waals surface area contributed by atoms with E-state index in [1.165, 1.54) is 0 Å². The Morgan fingerprint density at radius 3 is 2.78 bits per heavy atom.